The zero-order valence-corrected chi connectivity index (χ0v) is 20.0. The van der Waals surface area contributed by atoms with Crippen LogP contribution in [0.1, 0.15) is 47.2 Å². The van der Waals surface area contributed by atoms with Crippen molar-refractivity contribution in [3.8, 4) is 0 Å². The minimum atomic E-state index is 0.138. The summed E-state index contributed by atoms with van der Waals surface area (Å²) in [6.07, 6.45) is 7.95. The zero-order valence-electron chi connectivity index (χ0n) is 19.2. The maximum absolute atomic E-state index is 13.1. The van der Waals surface area contributed by atoms with Gasteiger partial charge in [-0.2, -0.15) is 0 Å². The van der Waals surface area contributed by atoms with Crippen LogP contribution in [0.25, 0.3) is 10.2 Å². The van der Waals surface area contributed by atoms with Gasteiger partial charge in [-0.25, -0.2) is 4.98 Å². The largest absolute Gasteiger partial charge is 0.368 e. The zero-order chi connectivity index (χ0) is 22.2. The first-order chi connectivity index (χ1) is 16.2. The molecule has 0 bridgehead atoms. The number of aromatic nitrogens is 1. The molecule has 172 valence electrons. The van der Waals surface area contributed by atoms with E-state index < -0.39 is 0 Å². The lowest BCUT2D eigenvalue weighted by atomic mass is 10.0. The molecule has 2 aromatic carbocycles. The highest BCUT2D eigenvalue weighted by atomic mass is 32.1. The predicted octanol–water partition coefficient (Wildman–Crippen LogP) is 4.60. The fraction of sp³-hybridized carbons (Fsp3) is 0.481. The maximum atomic E-state index is 13.1. The standard InChI is InChI=1S/C27H32N4OS/c32-27(22-6-8-25-26(18-22)33-19-28-25)31-15-13-30(14-16-31)24-7-5-20-9-11-29(12-10-21(20)17-24)23-3-1-2-4-23/h5-8,17-19,23H,1-4,9-16H2. The van der Waals surface area contributed by atoms with E-state index in [2.05, 4.69) is 33.0 Å². The van der Waals surface area contributed by atoms with Crippen LogP contribution in [0.4, 0.5) is 5.69 Å². The number of hydrogen-bond acceptors (Lipinski definition) is 5. The fourth-order valence-corrected chi connectivity index (χ4v) is 6.61. The number of nitrogens with zero attached hydrogens (tertiary/aromatic N) is 4. The average molecular weight is 461 g/mol. The molecule has 1 amide bonds. The first kappa shape index (κ1) is 21.1. The summed E-state index contributed by atoms with van der Waals surface area (Å²) in [7, 11) is 0. The lowest BCUT2D eigenvalue weighted by molar-refractivity contribution is 0.0747. The van der Waals surface area contributed by atoms with Gasteiger partial charge < -0.3 is 9.80 Å². The third kappa shape index (κ3) is 4.26. The van der Waals surface area contributed by atoms with Crippen molar-refractivity contribution < 1.29 is 4.79 Å². The maximum Gasteiger partial charge on any atom is 0.254 e. The third-order valence-electron chi connectivity index (χ3n) is 7.88. The van der Waals surface area contributed by atoms with E-state index in [0.717, 1.165) is 54.4 Å². The predicted molar refractivity (Wildman–Crippen MR) is 135 cm³/mol. The number of thiazole rings is 1. The normalized spacial score (nSPS) is 20.2. The fourth-order valence-electron chi connectivity index (χ4n) is 5.90. The molecule has 6 rings (SSSR count). The number of carbonyl (C=O) groups is 1. The molecule has 0 spiro atoms. The highest BCUT2D eigenvalue weighted by molar-refractivity contribution is 7.16. The van der Waals surface area contributed by atoms with Crippen LogP contribution < -0.4 is 4.90 Å². The second kappa shape index (κ2) is 9.07. The van der Waals surface area contributed by atoms with Crippen LogP contribution in [-0.2, 0) is 12.8 Å². The number of rotatable bonds is 3. The van der Waals surface area contributed by atoms with E-state index >= 15 is 0 Å². The second-order valence-corrected chi connectivity index (χ2v) is 10.6. The van der Waals surface area contributed by atoms with Crippen LogP contribution in [0.2, 0.25) is 0 Å². The van der Waals surface area contributed by atoms with Gasteiger partial charge >= 0.3 is 0 Å². The Kier molecular flexibility index (Phi) is 5.80. The summed E-state index contributed by atoms with van der Waals surface area (Å²) < 4.78 is 1.08. The summed E-state index contributed by atoms with van der Waals surface area (Å²) in [5, 5.41) is 0. The molecular formula is C27H32N4OS. The molecule has 0 atom stereocenters. The van der Waals surface area contributed by atoms with Gasteiger partial charge in [-0.05, 0) is 67.1 Å². The quantitative estimate of drug-likeness (QED) is 0.573. The van der Waals surface area contributed by atoms with E-state index in [4.69, 9.17) is 0 Å². The van der Waals surface area contributed by atoms with Gasteiger partial charge in [0.25, 0.3) is 5.91 Å². The molecule has 1 saturated heterocycles. The van der Waals surface area contributed by atoms with E-state index in [0.29, 0.717) is 0 Å². The molecule has 0 radical (unpaired) electrons. The number of amides is 1. The Hall–Kier alpha value is -2.44. The van der Waals surface area contributed by atoms with Crippen molar-refractivity contribution in [3.63, 3.8) is 0 Å². The van der Waals surface area contributed by atoms with Gasteiger partial charge in [0.2, 0.25) is 0 Å². The molecule has 1 saturated carbocycles. The highest BCUT2D eigenvalue weighted by Gasteiger charge is 2.26. The molecule has 6 heteroatoms. The lowest BCUT2D eigenvalue weighted by Crippen LogP contribution is -2.48. The molecule has 3 aliphatic rings. The van der Waals surface area contributed by atoms with E-state index in [-0.39, 0.29) is 5.91 Å². The van der Waals surface area contributed by atoms with Crippen molar-refractivity contribution >= 4 is 33.1 Å². The SMILES string of the molecule is O=C(c1ccc2ncsc2c1)N1CCN(c2ccc3c(c2)CCN(C2CCCC2)CC3)CC1. The van der Waals surface area contributed by atoms with Gasteiger partial charge in [-0.3, -0.25) is 9.69 Å². The summed E-state index contributed by atoms with van der Waals surface area (Å²) in [6.45, 7) is 5.74. The van der Waals surface area contributed by atoms with E-state index in [9.17, 15) is 4.79 Å². The van der Waals surface area contributed by atoms with Gasteiger partial charge in [0, 0.05) is 56.6 Å². The summed E-state index contributed by atoms with van der Waals surface area (Å²) in [5.74, 6) is 0.138. The molecule has 3 heterocycles. The van der Waals surface area contributed by atoms with Crippen molar-refractivity contribution in [2.75, 3.05) is 44.2 Å². The molecule has 2 aliphatic heterocycles. The molecule has 3 aromatic rings. The molecule has 2 fully saturated rings. The second-order valence-electron chi connectivity index (χ2n) is 9.74. The Bertz CT molecular complexity index is 1140. The lowest BCUT2D eigenvalue weighted by Gasteiger charge is -2.36. The topological polar surface area (TPSA) is 39.7 Å². The van der Waals surface area contributed by atoms with Gasteiger partial charge in [0.1, 0.15) is 0 Å². The van der Waals surface area contributed by atoms with Crippen molar-refractivity contribution in [3.05, 3.63) is 58.6 Å². The van der Waals surface area contributed by atoms with Crippen LogP contribution >= 0.6 is 11.3 Å². The van der Waals surface area contributed by atoms with Crippen LogP contribution in [-0.4, -0.2) is 66.0 Å². The van der Waals surface area contributed by atoms with Gasteiger partial charge in [0.15, 0.2) is 0 Å². The van der Waals surface area contributed by atoms with Crippen LogP contribution in [0, 0.1) is 0 Å². The molecule has 1 aliphatic carbocycles. The van der Waals surface area contributed by atoms with Crippen molar-refractivity contribution in [2.24, 2.45) is 0 Å². The number of fused-ring (bicyclic) bond motifs is 2. The van der Waals surface area contributed by atoms with Crippen molar-refractivity contribution in [1.29, 1.82) is 0 Å². The average Bonchev–Trinajstić information content (AvgIpc) is 3.52. The molecule has 33 heavy (non-hydrogen) atoms. The minimum absolute atomic E-state index is 0.138. The monoisotopic (exact) mass is 460 g/mol. The van der Waals surface area contributed by atoms with E-state index in [1.54, 1.807) is 11.3 Å². The number of carbonyl (C=O) groups excluding carboxylic acids is 1. The van der Waals surface area contributed by atoms with Crippen LogP contribution in [0.15, 0.2) is 41.9 Å². The van der Waals surface area contributed by atoms with Crippen molar-refractivity contribution in [1.82, 2.24) is 14.8 Å². The summed E-state index contributed by atoms with van der Waals surface area (Å²) in [5.41, 5.74) is 7.97. The first-order valence-electron chi connectivity index (χ1n) is 12.5. The van der Waals surface area contributed by atoms with Crippen molar-refractivity contribution in [2.45, 2.75) is 44.6 Å². The smallest absolute Gasteiger partial charge is 0.254 e. The number of piperazine rings is 1. The Morgan fingerprint density at radius 2 is 1.67 bits per heavy atom. The van der Waals surface area contributed by atoms with Crippen LogP contribution in [0.5, 0.6) is 0 Å². The number of anilines is 1. The molecule has 5 nitrogen and oxygen atoms in total. The molecule has 1 aromatic heterocycles. The summed E-state index contributed by atoms with van der Waals surface area (Å²) in [6, 6.07) is 13.8. The summed E-state index contributed by atoms with van der Waals surface area (Å²) >= 11 is 1.59. The van der Waals surface area contributed by atoms with Crippen LogP contribution in [0.3, 0.4) is 0 Å². The number of hydrogen-bond donors (Lipinski definition) is 0. The number of benzene rings is 2. The first-order valence-corrected chi connectivity index (χ1v) is 13.4. The van der Waals surface area contributed by atoms with Gasteiger partial charge in [-0.1, -0.05) is 18.9 Å². The Morgan fingerprint density at radius 3 is 2.48 bits per heavy atom. The Labute approximate surface area is 200 Å². The van der Waals surface area contributed by atoms with Gasteiger partial charge in [0.05, 0.1) is 15.7 Å². The molecule has 0 unspecified atom stereocenters. The minimum Gasteiger partial charge on any atom is -0.368 e. The highest BCUT2D eigenvalue weighted by Crippen LogP contribution is 2.29. The van der Waals surface area contributed by atoms with E-state index in [1.165, 1.54) is 62.0 Å². The molecular weight excluding hydrogens is 428 g/mol. The third-order valence-corrected chi connectivity index (χ3v) is 8.67. The van der Waals surface area contributed by atoms with Gasteiger partial charge in [-0.15, -0.1) is 11.3 Å². The van der Waals surface area contributed by atoms with E-state index in [1.807, 2.05) is 28.6 Å². The molecule has 0 N–H and O–H groups in total. The Balaban J connectivity index is 1.09. The Morgan fingerprint density at radius 1 is 0.879 bits per heavy atom. The summed E-state index contributed by atoms with van der Waals surface area (Å²) in [4.78, 5) is 24.6.